The van der Waals surface area contributed by atoms with Gasteiger partial charge < -0.3 is 9.64 Å². The Labute approximate surface area is 145 Å². The molecule has 1 amide bonds. The van der Waals surface area contributed by atoms with E-state index >= 15 is 0 Å². The first-order valence-electron chi connectivity index (χ1n) is 7.08. The van der Waals surface area contributed by atoms with Crippen molar-refractivity contribution in [2.45, 2.75) is 6.92 Å². The van der Waals surface area contributed by atoms with Crippen molar-refractivity contribution < 1.29 is 9.53 Å². The van der Waals surface area contributed by atoms with Crippen molar-refractivity contribution in [2.24, 2.45) is 0 Å². The number of hydrogen-bond donors (Lipinski definition) is 0. The van der Waals surface area contributed by atoms with Gasteiger partial charge in [0.25, 0.3) is 5.91 Å². The monoisotopic (exact) mass is 344 g/mol. The lowest BCUT2D eigenvalue weighted by Crippen LogP contribution is -2.22. The fraction of sp³-hybridized carbons (Fsp3) is 0.176. The van der Waals surface area contributed by atoms with Crippen LogP contribution in [0.4, 0.5) is 5.69 Å². The van der Waals surface area contributed by atoms with Gasteiger partial charge in [0.15, 0.2) is 11.6 Å². The summed E-state index contributed by atoms with van der Waals surface area (Å²) in [5, 5.41) is 0. The maximum atomic E-state index is 12.0. The molecule has 2 aliphatic heterocycles. The number of allylic oxidation sites excluding steroid dienone is 4. The summed E-state index contributed by atoms with van der Waals surface area (Å²) in [5.41, 5.74) is 2.00. The maximum Gasteiger partial charge on any atom is 0.265 e. The van der Waals surface area contributed by atoms with Crippen LogP contribution in [0.3, 0.4) is 0 Å². The third kappa shape index (κ3) is 3.04. The number of carbonyl (C=O) groups excluding carboxylic acids is 1. The molecular formula is C17H16N2O2S2. The molecule has 1 aromatic carbocycles. The minimum atomic E-state index is -0.0537. The molecule has 1 fully saturated rings. The summed E-state index contributed by atoms with van der Waals surface area (Å²) in [6, 6.07) is 7.88. The average molecular weight is 344 g/mol. The molecule has 0 unspecified atom stereocenters. The Hall–Kier alpha value is -2.05. The number of amides is 1. The lowest BCUT2D eigenvalue weighted by atomic mass is 10.2. The highest BCUT2D eigenvalue weighted by Gasteiger charge is 2.28. The van der Waals surface area contributed by atoms with Gasteiger partial charge in [-0.15, -0.1) is 0 Å². The number of para-hydroxylation sites is 2. The summed E-state index contributed by atoms with van der Waals surface area (Å²) in [6.07, 6.45) is 5.68. The standard InChI is InChI=1S/C17H16N2O2S2/c1-11(10-14-16(20)19(3)17(22)23-14)8-9-15-18(2)12-6-4-5-7-13(12)21-15/h4-10H,1-3H3/b11-8+,14-10+,15-9-. The number of benzene rings is 1. The maximum absolute atomic E-state index is 12.0. The topological polar surface area (TPSA) is 32.8 Å². The number of hydrogen-bond acceptors (Lipinski definition) is 5. The number of thioether (sulfide) groups is 1. The Morgan fingerprint density at radius 2 is 2.00 bits per heavy atom. The van der Waals surface area contributed by atoms with Crippen molar-refractivity contribution >= 4 is 39.9 Å². The molecule has 0 spiro atoms. The minimum Gasteiger partial charge on any atom is -0.439 e. The fourth-order valence-electron chi connectivity index (χ4n) is 2.27. The van der Waals surface area contributed by atoms with Crippen molar-refractivity contribution in [3.63, 3.8) is 0 Å². The van der Waals surface area contributed by atoms with Crippen molar-refractivity contribution in [3.8, 4) is 5.75 Å². The molecule has 23 heavy (non-hydrogen) atoms. The van der Waals surface area contributed by atoms with Crippen LogP contribution in [0, 0.1) is 0 Å². The molecule has 0 aliphatic carbocycles. The zero-order valence-corrected chi connectivity index (χ0v) is 14.7. The molecule has 0 N–H and O–H groups in total. The Balaban J connectivity index is 1.79. The van der Waals surface area contributed by atoms with E-state index in [9.17, 15) is 4.79 Å². The normalized spacial score (nSPS) is 21.4. The average Bonchev–Trinajstić information content (AvgIpc) is 2.98. The van der Waals surface area contributed by atoms with E-state index in [1.807, 2.05) is 61.4 Å². The van der Waals surface area contributed by atoms with Crippen LogP contribution < -0.4 is 9.64 Å². The van der Waals surface area contributed by atoms with Crippen LogP contribution in [0.2, 0.25) is 0 Å². The van der Waals surface area contributed by atoms with E-state index < -0.39 is 0 Å². The molecule has 0 radical (unpaired) electrons. The van der Waals surface area contributed by atoms with Gasteiger partial charge in [0.05, 0.1) is 10.6 Å². The molecular weight excluding hydrogens is 328 g/mol. The van der Waals surface area contributed by atoms with Gasteiger partial charge in [0.1, 0.15) is 4.32 Å². The zero-order chi connectivity index (χ0) is 16.6. The van der Waals surface area contributed by atoms with Crippen LogP contribution in [0.25, 0.3) is 0 Å². The van der Waals surface area contributed by atoms with Crippen LogP contribution >= 0.6 is 24.0 Å². The minimum absolute atomic E-state index is 0.0537. The van der Waals surface area contributed by atoms with E-state index in [0.717, 1.165) is 22.9 Å². The van der Waals surface area contributed by atoms with Gasteiger partial charge in [-0.25, -0.2) is 0 Å². The highest BCUT2D eigenvalue weighted by molar-refractivity contribution is 8.26. The Kier molecular flexibility index (Phi) is 4.28. The number of nitrogens with zero attached hydrogens (tertiary/aromatic N) is 2. The van der Waals surface area contributed by atoms with E-state index in [-0.39, 0.29) is 5.91 Å². The molecule has 6 heteroatoms. The first-order valence-corrected chi connectivity index (χ1v) is 8.30. The molecule has 1 aromatic rings. The lowest BCUT2D eigenvalue weighted by molar-refractivity contribution is -0.121. The van der Waals surface area contributed by atoms with Crippen molar-refractivity contribution in [1.29, 1.82) is 0 Å². The molecule has 2 heterocycles. The second-order valence-electron chi connectivity index (χ2n) is 5.29. The van der Waals surface area contributed by atoms with E-state index in [1.165, 1.54) is 16.7 Å². The summed E-state index contributed by atoms with van der Waals surface area (Å²) in [7, 11) is 3.65. The first-order chi connectivity index (χ1) is 11.0. The number of ether oxygens (including phenoxy) is 1. The summed E-state index contributed by atoms with van der Waals surface area (Å²) >= 11 is 6.45. The molecule has 1 saturated heterocycles. The number of fused-ring (bicyclic) bond motifs is 1. The SMILES string of the molecule is CC(=C\C=C1/Oc2ccccc2N1C)/C=C1/SC(=S)N(C)C1=O. The van der Waals surface area contributed by atoms with Crippen LogP contribution in [0.1, 0.15) is 6.92 Å². The number of anilines is 1. The van der Waals surface area contributed by atoms with Crippen molar-refractivity contribution in [3.05, 3.63) is 58.9 Å². The Morgan fingerprint density at radius 1 is 1.26 bits per heavy atom. The van der Waals surface area contributed by atoms with E-state index in [4.69, 9.17) is 17.0 Å². The molecule has 0 bridgehead atoms. The van der Waals surface area contributed by atoms with E-state index in [1.54, 1.807) is 7.05 Å². The van der Waals surface area contributed by atoms with Gasteiger partial charge in [-0.05, 0) is 36.8 Å². The number of rotatable bonds is 2. The van der Waals surface area contributed by atoms with Gasteiger partial charge in [-0.3, -0.25) is 9.69 Å². The Bertz CT molecular complexity index is 781. The molecule has 2 aliphatic rings. The molecule has 0 atom stereocenters. The summed E-state index contributed by atoms with van der Waals surface area (Å²) in [6.45, 7) is 1.95. The second kappa shape index (κ2) is 6.22. The molecule has 118 valence electrons. The number of thiocarbonyl (C=S) groups is 1. The van der Waals surface area contributed by atoms with Crippen LogP contribution in [0.5, 0.6) is 5.75 Å². The van der Waals surface area contributed by atoms with E-state index in [0.29, 0.717) is 9.23 Å². The van der Waals surface area contributed by atoms with Gasteiger partial charge in [0.2, 0.25) is 0 Å². The summed E-state index contributed by atoms with van der Waals surface area (Å²) in [4.78, 5) is 16.1. The van der Waals surface area contributed by atoms with Gasteiger partial charge >= 0.3 is 0 Å². The Morgan fingerprint density at radius 3 is 2.65 bits per heavy atom. The molecule has 4 nitrogen and oxygen atoms in total. The highest BCUT2D eigenvalue weighted by atomic mass is 32.2. The van der Waals surface area contributed by atoms with Crippen molar-refractivity contribution in [1.82, 2.24) is 4.90 Å². The molecule has 0 aromatic heterocycles. The van der Waals surface area contributed by atoms with Crippen molar-refractivity contribution in [2.75, 3.05) is 19.0 Å². The molecule has 0 saturated carbocycles. The number of carbonyl (C=O) groups is 1. The summed E-state index contributed by atoms with van der Waals surface area (Å²) < 4.78 is 6.40. The first kappa shape index (κ1) is 15.8. The van der Waals surface area contributed by atoms with Crippen LogP contribution in [0.15, 0.2) is 58.9 Å². The van der Waals surface area contributed by atoms with Crippen LogP contribution in [-0.4, -0.2) is 29.2 Å². The highest BCUT2D eigenvalue weighted by Crippen LogP contribution is 2.37. The second-order valence-corrected chi connectivity index (χ2v) is 6.96. The third-order valence-electron chi connectivity index (χ3n) is 3.61. The van der Waals surface area contributed by atoms with Gasteiger partial charge in [0, 0.05) is 14.1 Å². The third-order valence-corrected chi connectivity index (χ3v) is 5.09. The number of likely N-dealkylation sites (N-methyl/N-ethyl adjacent to an activating group) is 1. The van der Waals surface area contributed by atoms with E-state index in [2.05, 4.69) is 0 Å². The lowest BCUT2D eigenvalue weighted by Gasteiger charge is -2.09. The zero-order valence-electron chi connectivity index (χ0n) is 13.1. The predicted molar refractivity (Wildman–Crippen MR) is 98.4 cm³/mol. The largest absolute Gasteiger partial charge is 0.439 e. The summed E-state index contributed by atoms with van der Waals surface area (Å²) in [5.74, 6) is 1.54. The van der Waals surface area contributed by atoms with Crippen LogP contribution in [-0.2, 0) is 4.79 Å². The smallest absolute Gasteiger partial charge is 0.265 e. The quantitative estimate of drug-likeness (QED) is 0.604. The van der Waals surface area contributed by atoms with Gasteiger partial charge in [-0.2, -0.15) is 0 Å². The predicted octanol–water partition coefficient (Wildman–Crippen LogP) is 3.68. The molecule has 3 rings (SSSR count). The van der Waals surface area contributed by atoms with Gasteiger partial charge in [-0.1, -0.05) is 42.2 Å². The fourth-order valence-corrected chi connectivity index (χ4v) is 3.50.